The van der Waals surface area contributed by atoms with Gasteiger partial charge in [-0.1, -0.05) is 25.1 Å². The van der Waals surface area contributed by atoms with E-state index in [2.05, 4.69) is 28.2 Å². The number of rotatable bonds is 6. The Morgan fingerprint density at radius 3 is 2.65 bits per heavy atom. The van der Waals surface area contributed by atoms with E-state index in [9.17, 15) is 4.39 Å². The second-order valence-electron chi connectivity index (χ2n) is 4.47. The van der Waals surface area contributed by atoms with Crippen LogP contribution in [0.4, 0.5) is 4.39 Å². The molecule has 0 aromatic heterocycles. The van der Waals surface area contributed by atoms with Crippen molar-refractivity contribution < 1.29 is 9.13 Å². The fourth-order valence-electron chi connectivity index (χ4n) is 1.79. The minimum absolute atomic E-state index is 0.233. The van der Waals surface area contributed by atoms with Crippen LogP contribution in [-0.4, -0.2) is 6.54 Å². The van der Waals surface area contributed by atoms with Crippen LogP contribution in [0.2, 0.25) is 0 Å². The van der Waals surface area contributed by atoms with Gasteiger partial charge in [-0.3, -0.25) is 0 Å². The molecule has 0 bridgehead atoms. The highest BCUT2D eigenvalue weighted by Crippen LogP contribution is 2.30. The minimum atomic E-state index is -0.350. The van der Waals surface area contributed by atoms with Crippen LogP contribution in [-0.2, 0) is 6.54 Å². The Morgan fingerprint density at radius 2 is 1.95 bits per heavy atom. The molecule has 0 amide bonds. The van der Waals surface area contributed by atoms with Gasteiger partial charge in [0.25, 0.3) is 0 Å². The van der Waals surface area contributed by atoms with Crippen molar-refractivity contribution in [3.8, 4) is 11.5 Å². The predicted octanol–water partition coefficient (Wildman–Crippen LogP) is 4.88. The van der Waals surface area contributed by atoms with Gasteiger partial charge in [-0.05, 0) is 58.7 Å². The molecule has 1 N–H and O–H groups in total. The molecular weight excluding hydrogens is 321 g/mol. The quantitative estimate of drug-likeness (QED) is 0.758. The average Bonchev–Trinajstić information content (AvgIpc) is 2.44. The summed E-state index contributed by atoms with van der Waals surface area (Å²) in [5.41, 5.74) is 0.912. The number of hydrogen-bond acceptors (Lipinski definition) is 2. The molecule has 0 unspecified atom stereocenters. The van der Waals surface area contributed by atoms with E-state index < -0.39 is 0 Å². The number of halogens is 2. The summed E-state index contributed by atoms with van der Waals surface area (Å²) in [4.78, 5) is 0. The summed E-state index contributed by atoms with van der Waals surface area (Å²) in [6.07, 6.45) is 1.06. The first-order valence-electron chi connectivity index (χ1n) is 6.62. The Balaban J connectivity index is 2.08. The molecule has 0 atom stereocenters. The molecule has 0 aliphatic carbocycles. The van der Waals surface area contributed by atoms with Gasteiger partial charge in [0.2, 0.25) is 0 Å². The summed E-state index contributed by atoms with van der Waals surface area (Å²) in [5.74, 6) is 0.482. The van der Waals surface area contributed by atoms with Crippen molar-refractivity contribution >= 4 is 15.9 Å². The van der Waals surface area contributed by atoms with Crippen LogP contribution in [0.25, 0.3) is 0 Å². The van der Waals surface area contributed by atoms with Gasteiger partial charge in [-0.2, -0.15) is 0 Å². The number of nitrogens with one attached hydrogen (secondary N) is 1. The molecule has 0 heterocycles. The van der Waals surface area contributed by atoms with Crippen LogP contribution in [0.1, 0.15) is 18.9 Å². The summed E-state index contributed by atoms with van der Waals surface area (Å²) in [7, 11) is 0. The van der Waals surface area contributed by atoms with Crippen molar-refractivity contribution in [2.45, 2.75) is 19.9 Å². The van der Waals surface area contributed by atoms with Crippen LogP contribution >= 0.6 is 15.9 Å². The van der Waals surface area contributed by atoms with E-state index in [1.165, 1.54) is 6.07 Å². The van der Waals surface area contributed by atoms with Crippen LogP contribution in [0.5, 0.6) is 11.5 Å². The molecule has 2 aromatic rings. The molecule has 2 rings (SSSR count). The first-order chi connectivity index (χ1) is 9.70. The van der Waals surface area contributed by atoms with Crippen molar-refractivity contribution in [3.63, 3.8) is 0 Å². The van der Waals surface area contributed by atoms with Crippen LogP contribution in [0.15, 0.2) is 46.9 Å². The largest absolute Gasteiger partial charge is 0.453 e. The lowest BCUT2D eigenvalue weighted by molar-refractivity contribution is 0.439. The number of benzene rings is 2. The minimum Gasteiger partial charge on any atom is -0.453 e. The van der Waals surface area contributed by atoms with Gasteiger partial charge >= 0.3 is 0 Å². The van der Waals surface area contributed by atoms with E-state index in [1.54, 1.807) is 12.1 Å². The Hall–Kier alpha value is -1.39. The van der Waals surface area contributed by atoms with E-state index in [0.717, 1.165) is 23.0 Å². The maximum Gasteiger partial charge on any atom is 0.166 e. The van der Waals surface area contributed by atoms with Crippen molar-refractivity contribution in [1.82, 2.24) is 5.32 Å². The Morgan fingerprint density at radius 1 is 1.15 bits per heavy atom. The molecule has 0 aliphatic heterocycles. The lowest BCUT2D eigenvalue weighted by Crippen LogP contribution is -2.13. The first kappa shape index (κ1) is 15.0. The molecule has 0 fully saturated rings. The van der Waals surface area contributed by atoms with E-state index in [0.29, 0.717) is 12.3 Å². The molecule has 2 nitrogen and oxygen atoms in total. The lowest BCUT2D eigenvalue weighted by atomic mass is 10.2. The van der Waals surface area contributed by atoms with Gasteiger partial charge in [0.05, 0.1) is 4.47 Å². The highest BCUT2D eigenvalue weighted by atomic mass is 79.9. The molecule has 20 heavy (non-hydrogen) atoms. The summed E-state index contributed by atoms with van der Waals surface area (Å²) in [6, 6.07) is 12.4. The number of ether oxygens (including phenoxy) is 1. The van der Waals surface area contributed by atoms with Crippen molar-refractivity contribution in [1.29, 1.82) is 0 Å². The Labute approximate surface area is 127 Å². The fourth-order valence-corrected chi connectivity index (χ4v) is 2.16. The Bertz CT molecular complexity index is 574. The predicted molar refractivity (Wildman–Crippen MR) is 82.6 cm³/mol. The summed E-state index contributed by atoms with van der Waals surface area (Å²) < 4.78 is 20.4. The third kappa shape index (κ3) is 4.05. The monoisotopic (exact) mass is 337 g/mol. The van der Waals surface area contributed by atoms with Crippen molar-refractivity contribution in [2.75, 3.05) is 6.54 Å². The summed E-state index contributed by atoms with van der Waals surface area (Å²) >= 11 is 3.38. The molecular formula is C16H17BrFNO. The van der Waals surface area contributed by atoms with Gasteiger partial charge < -0.3 is 10.1 Å². The van der Waals surface area contributed by atoms with Crippen LogP contribution < -0.4 is 10.1 Å². The van der Waals surface area contributed by atoms with E-state index in [1.807, 2.05) is 24.3 Å². The fraction of sp³-hybridized carbons (Fsp3) is 0.250. The van der Waals surface area contributed by atoms with Gasteiger partial charge in [-0.25, -0.2) is 4.39 Å². The number of para-hydroxylation sites is 1. The van der Waals surface area contributed by atoms with Gasteiger partial charge in [-0.15, -0.1) is 0 Å². The van der Waals surface area contributed by atoms with E-state index >= 15 is 0 Å². The molecule has 0 aliphatic rings. The molecule has 2 aromatic carbocycles. The topological polar surface area (TPSA) is 21.3 Å². The lowest BCUT2D eigenvalue weighted by Gasteiger charge is -2.10. The first-order valence-corrected chi connectivity index (χ1v) is 7.41. The van der Waals surface area contributed by atoms with E-state index in [-0.39, 0.29) is 11.6 Å². The number of hydrogen-bond donors (Lipinski definition) is 1. The highest BCUT2D eigenvalue weighted by molar-refractivity contribution is 9.10. The Kier molecular flexibility index (Phi) is 5.56. The molecule has 0 saturated heterocycles. The summed E-state index contributed by atoms with van der Waals surface area (Å²) in [5, 5.41) is 3.24. The molecule has 0 radical (unpaired) electrons. The second-order valence-corrected chi connectivity index (χ2v) is 5.33. The molecule has 0 spiro atoms. The SMILES string of the molecule is CCCNCc1ccc(Oc2ccccc2Br)c(F)c1. The zero-order chi connectivity index (χ0) is 14.4. The third-order valence-electron chi connectivity index (χ3n) is 2.81. The highest BCUT2D eigenvalue weighted by Gasteiger charge is 2.08. The third-order valence-corrected chi connectivity index (χ3v) is 3.46. The standard InChI is InChI=1S/C16H17BrFNO/c1-2-9-19-11-12-7-8-16(14(18)10-12)20-15-6-4-3-5-13(15)17/h3-8,10,19H,2,9,11H2,1H3. The average molecular weight is 338 g/mol. The van der Waals surface area contributed by atoms with Gasteiger partial charge in [0.15, 0.2) is 11.6 Å². The van der Waals surface area contributed by atoms with Gasteiger partial charge in [0.1, 0.15) is 5.75 Å². The van der Waals surface area contributed by atoms with Crippen LogP contribution in [0, 0.1) is 5.82 Å². The van der Waals surface area contributed by atoms with Crippen molar-refractivity contribution in [2.24, 2.45) is 0 Å². The maximum absolute atomic E-state index is 14.0. The smallest absolute Gasteiger partial charge is 0.166 e. The zero-order valence-electron chi connectivity index (χ0n) is 11.3. The van der Waals surface area contributed by atoms with Crippen molar-refractivity contribution in [3.05, 3.63) is 58.3 Å². The summed E-state index contributed by atoms with van der Waals surface area (Å²) in [6.45, 7) is 3.69. The molecule has 106 valence electrons. The van der Waals surface area contributed by atoms with Crippen LogP contribution in [0.3, 0.4) is 0 Å². The van der Waals surface area contributed by atoms with Gasteiger partial charge in [0, 0.05) is 6.54 Å². The van der Waals surface area contributed by atoms with E-state index in [4.69, 9.17) is 4.74 Å². The molecule has 0 saturated carbocycles. The second kappa shape index (κ2) is 7.41. The zero-order valence-corrected chi connectivity index (χ0v) is 12.9. The normalized spacial score (nSPS) is 10.6. The maximum atomic E-state index is 14.0. The molecule has 4 heteroatoms.